The molecule has 0 saturated carbocycles. The average Bonchev–Trinajstić information content (AvgIpc) is 4.17. The summed E-state index contributed by atoms with van der Waals surface area (Å²) in [4.78, 5) is 56.5. The molecule has 0 aliphatic carbocycles. The zero-order valence-electron chi connectivity index (χ0n) is 46.4. The molecule has 4 saturated heterocycles. The van der Waals surface area contributed by atoms with Crippen LogP contribution in [0.15, 0.2) is 66.7 Å². The second kappa shape index (κ2) is 24.2. The molecular weight excluding hydrogens is 1100 g/mol. The highest BCUT2D eigenvalue weighted by Crippen LogP contribution is 2.47. The second-order valence-corrected chi connectivity index (χ2v) is 24.2. The number of β-amino-alcohol motifs (C(OH)–C–C–N with tert-alkyl or cyclic N) is 1. The molecule has 16 nitrogen and oxygen atoms in total. The molecule has 2 unspecified atom stereocenters. The number of aromatic nitrogens is 2. The van der Waals surface area contributed by atoms with E-state index in [1.807, 2.05) is 11.0 Å². The Hall–Kier alpha value is -7.10. The summed E-state index contributed by atoms with van der Waals surface area (Å²) in [6, 6.07) is 14.2. The average molecular weight is 1170 g/mol. The number of aliphatic hydroxyl groups is 1. The van der Waals surface area contributed by atoms with Gasteiger partial charge < -0.3 is 46.1 Å². The van der Waals surface area contributed by atoms with Gasteiger partial charge in [-0.2, -0.15) is 28.4 Å². The number of benzene rings is 4. The van der Waals surface area contributed by atoms with Crippen molar-refractivity contribution in [3.63, 3.8) is 0 Å². The number of nitrogens with zero attached hydrogens (tertiary/aromatic N) is 6. The molecule has 4 aliphatic heterocycles. The monoisotopic (exact) mass is 1170 g/mol. The fourth-order valence-corrected chi connectivity index (χ4v) is 13.0. The number of thiophene rings is 1. The van der Waals surface area contributed by atoms with Crippen molar-refractivity contribution in [2.24, 2.45) is 5.41 Å². The van der Waals surface area contributed by atoms with Crippen molar-refractivity contribution in [1.82, 2.24) is 35.7 Å². The second-order valence-electron chi connectivity index (χ2n) is 23.1. The molecule has 6 N–H and O–H groups in total. The highest BCUT2D eigenvalue weighted by atomic mass is 32.1. The first-order chi connectivity index (χ1) is 39.6. The Morgan fingerprint density at radius 1 is 0.928 bits per heavy atom. The Labute approximate surface area is 480 Å². The molecule has 6 aromatic rings. The molecule has 10 rings (SSSR count). The number of hydrogen-bond donors (Lipinski definition) is 5. The van der Waals surface area contributed by atoms with Crippen LogP contribution in [0.4, 0.5) is 37.2 Å². The van der Waals surface area contributed by atoms with Crippen LogP contribution in [0.3, 0.4) is 0 Å². The van der Waals surface area contributed by atoms with Gasteiger partial charge in [0.25, 0.3) is 0 Å². The lowest BCUT2D eigenvalue weighted by Gasteiger charge is -2.35. The summed E-state index contributed by atoms with van der Waals surface area (Å²) in [5.41, 5.74) is 4.91. The van der Waals surface area contributed by atoms with Crippen LogP contribution >= 0.6 is 11.3 Å². The molecule has 2 aromatic heterocycles. The first kappa shape index (κ1) is 59.1. The van der Waals surface area contributed by atoms with E-state index in [0.29, 0.717) is 49.6 Å². The Morgan fingerprint density at radius 2 is 1.65 bits per heavy atom. The van der Waals surface area contributed by atoms with Crippen molar-refractivity contribution in [2.75, 3.05) is 63.2 Å². The zero-order valence-corrected chi connectivity index (χ0v) is 47.2. The Balaban J connectivity index is 0.745. The normalized spacial score (nSPS) is 20.9. The molecule has 2 bridgehead atoms. The Morgan fingerprint density at radius 3 is 2.34 bits per heavy atom. The number of nitrogens with one attached hydrogen (secondary N) is 3. The van der Waals surface area contributed by atoms with Crippen LogP contribution < -0.4 is 31.3 Å². The zero-order chi connectivity index (χ0) is 59.1. The molecule has 83 heavy (non-hydrogen) atoms. The third-order valence-corrected chi connectivity index (χ3v) is 17.3. The van der Waals surface area contributed by atoms with Crippen LogP contribution in [0.1, 0.15) is 95.4 Å². The highest BCUT2D eigenvalue weighted by molar-refractivity contribution is 7.23. The number of likely N-dealkylation sites (tertiary alicyclic amines) is 2. The van der Waals surface area contributed by atoms with Crippen LogP contribution in [0.25, 0.3) is 43.2 Å². The minimum Gasteiger partial charge on any atom is -0.462 e. The van der Waals surface area contributed by atoms with Gasteiger partial charge in [0.15, 0.2) is 0 Å². The molecule has 4 aromatic carbocycles. The number of nitriles is 1. The third-order valence-electron chi connectivity index (χ3n) is 16.3. The highest BCUT2D eigenvalue weighted by Gasteiger charge is 2.45. The quantitative estimate of drug-likeness (QED) is 0.0402. The Bertz CT molecular complexity index is 3430. The lowest BCUT2D eigenvalue weighted by atomic mass is 9.85. The molecule has 440 valence electrons. The number of anilines is 2. The van der Waals surface area contributed by atoms with Gasteiger partial charge in [0.1, 0.15) is 53.0 Å². The molecule has 0 radical (unpaired) electrons. The summed E-state index contributed by atoms with van der Waals surface area (Å²) in [5.74, 6) is -3.26. The maximum Gasteiger partial charge on any atom is 0.417 e. The standard InChI is InChI=1S/C60H66F6N10O6S/c1-32(33-11-13-34(14-12-33)50-44(61)9-5-10-45(50)62)69-56(79)48-24-38(77)30-76(48)57(80)53(59(2,3)4)72-49(78)19-23-81-22-7-21-74-20-6-8-37(74)31-82-58-71-47-26-40(39-17-18-46(63)52-51(39)42(27-67)54(68)83-52)43(60(64,65)66)25-41(47)55(73-58)75-28-35-15-16-36(29-75)70-35/h5,9-14,17-18,25-26,32,35-38,48,53,70,77H,6-8,15-16,19-24,28-31,68H2,1-4H3,(H,69,79)(H,72,78)/t32-,35?,36?,37-,38+,48-,53+/m0/s1. The largest absolute Gasteiger partial charge is 0.462 e. The van der Waals surface area contributed by atoms with E-state index in [-0.39, 0.29) is 105 Å². The van der Waals surface area contributed by atoms with Crippen LogP contribution in [-0.4, -0.2) is 131 Å². The number of fused-ring (bicyclic) bond motifs is 4. The molecule has 4 aliphatic rings. The minimum atomic E-state index is -4.86. The number of rotatable bonds is 18. The van der Waals surface area contributed by atoms with Gasteiger partial charge in [0.05, 0.1) is 45.7 Å². The van der Waals surface area contributed by atoms with Crippen LogP contribution in [0.2, 0.25) is 0 Å². The Kier molecular flexibility index (Phi) is 17.3. The fourth-order valence-electron chi connectivity index (χ4n) is 12.0. The number of carbonyl (C=O) groups excluding carboxylic acids is 3. The smallest absolute Gasteiger partial charge is 0.417 e. The van der Waals surface area contributed by atoms with Crippen LogP contribution in [0, 0.1) is 34.2 Å². The van der Waals surface area contributed by atoms with Crippen LogP contribution in [0.5, 0.6) is 6.01 Å². The van der Waals surface area contributed by atoms with Gasteiger partial charge in [0.2, 0.25) is 17.7 Å². The number of amides is 3. The molecule has 0 spiro atoms. The maximum atomic E-state index is 15.2. The maximum absolute atomic E-state index is 15.2. The number of alkyl halides is 3. The number of hydrogen-bond acceptors (Lipinski definition) is 14. The predicted molar refractivity (Wildman–Crippen MR) is 303 cm³/mol. The van der Waals surface area contributed by atoms with E-state index < -0.39 is 76.6 Å². The van der Waals surface area contributed by atoms with Gasteiger partial charge in [-0.15, -0.1) is 11.3 Å². The van der Waals surface area contributed by atoms with Gasteiger partial charge in [0, 0.05) is 74.5 Å². The molecular formula is C60H66F6N10O6S. The summed E-state index contributed by atoms with van der Waals surface area (Å²) in [6.45, 7) is 10.0. The number of aliphatic hydroxyl groups excluding tert-OH is 1. The van der Waals surface area contributed by atoms with Crippen molar-refractivity contribution < 1.29 is 55.3 Å². The number of nitrogens with two attached hydrogens (primary N) is 1. The molecule has 6 heterocycles. The van der Waals surface area contributed by atoms with Crippen molar-refractivity contribution in [3.05, 3.63) is 101 Å². The van der Waals surface area contributed by atoms with Gasteiger partial charge >= 0.3 is 12.2 Å². The van der Waals surface area contributed by atoms with E-state index in [0.717, 1.165) is 55.7 Å². The van der Waals surface area contributed by atoms with E-state index in [9.17, 15) is 33.5 Å². The van der Waals surface area contributed by atoms with Crippen molar-refractivity contribution >= 4 is 60.9 Å². The summed E-state index contributed by atoms with van der Waals surface area (Å²) in [7, 11) is 0. The number of piperazine rings is 1. The lowest BCUT2D eigenvalue weighted by molar-refractivity contribution is -0.144. The van der Waals surface area contributed by atoms with Crippen molar-refractivity contribution in [1.29, 1.82) is 5.26 Å². The van der Waals surface area contributed by atoms with Crippen LogP contribution in [-0.2, 0) is 25.3 Å². The van der Waals surface area contributed by atoms with Crippen molar-refractivity contribution in [3.8, 4) is 34.3 Å². The van der Waals surface area contributed by atoms with Gasteiger partial charge in [-0.25, -0.2) is 13.2 Å². The molecule has 4 fully saturated rings. The van der Waals surface area contributed by atoms with Gasteiger partial charge in [-0.3, -0.25) is 19.3 Å². The fraction of sp³-hybridized carbons (Fsp3) is 0.467. The van der Waals surface area contributed by atoms with E-state index in [1.165, 1.54) is 35.2 Å². The molecule has 3 amide bonds. The van der Waals surface area contributed by atoms with E-state index in [4.69, 9.17) is 25.2 Å². The van der Waals surface area contributed by atoms with E-state index in [1.54, 1.807) is 52.0 Å². The number of halogens is 6. The predicted octanol–water partition coefficient (Wildman–Crippen LogP) is 9.02. The lowest BCUT2D eigenvalue weighted by Crippen LogP contribution is -2.58. The SMILES string of the molecule is C[C@H](NC(=O)[C@@H]1C[C@@H](O)CN1C(=O)[C@@H](NC(=O)CCOCCCN1CCC[C@H]1COc1nc(N2CC3CCC(C2)N3)c2cc(C(F)(F)F)c(-c3ccc(F)c4sc(N)c(C#N)c34)cc2n1)C(C)(C)C)c1ccc(-c2c(F)cccc2F)cc1. The summed E-state index contributed by atoms with van der Waals surface area (Å²) < 4.78 is 102. The summed E-state index contributed by atoms with van der Waals surface area (Å²) >= 11 is 0.801. The summed E-state index contributed by atoms with van der Waals surface area (Å²) in [6.07, 6.45) is -1.75. The van der Waals surface area contributed by atoms with E-state index >= 15 is 17.6 Å². The third kappa shape index (κ3) is 12.7. The van der Waals surface area contributed by atoms with Crippen molar-refractivity contribution in [2.45, 2.75) is 121 Å². The van der Waals surface area contributed by atoms with E-state index in [2.05, 4.69) is 20.9 Å². The van der Waals surface area contributed by atoms with Gasteiger partial charge in [-0.1, -0.05) is 57.2 Å². The number of nitrogen functional groups attached to an aromatic ring is 1. The molecule has 23 heteroatoms. The first-order valence-electron chi connectivity index (χ1n) is 28.0. The minimum absolute atomic E-state index is 0.000970. The number of ether oxygens (including phenoxy) is 2. The summed E-state index contributed by atoms with van der Waals surface area (Å²) in [5, 5.41) is 30.2. The first-order valence-corrected chi connectivity index (χ1v) is 28.8. The topological polar surface area (TPSA) is 211 Å². The molecule has 7 atom stereocenters. The van der Waals surface area contributed by atoms with Gasteiger partial charge in [-0.05, 0) is 104 Å². The number of carbonyl (C=O) groups is 3.